The standard InChI is InChI=1S/C14H21NO2S/c1-11-5-4-6-13(9-11)18(16,17)15-12-7-8-14(2,3)10-12/h4-6,9,12,15H,7-8,10H2,1-3H3. The van der Waals surface area contributed by atoms with E-state index >= 15 is 0 Å². The van der Waals surface area contributed by atoms with Crippen molar-refractivity contribution in [2.24, 2.45) is 5.41 Å². The maximum absolute atomic E-state index is 12.2. The lowest BCUT2D eigenvalue weighted by Gasteiger charge is -2.18. The van der Waals surface area contributed by atoms with Gasteiger partial charge >= 0.3 is 0 Å². The van der Waals surface area contributed by atoms with Crippen molar-refractivity contribution in [1.29, 1.82) is 0 Å². The Morgan fingerprint density at radius 1 is 1.33 bits per heavy atom. The topological polar surface area (TPSA) is 46.2 Å². The molecule has 0 amide bonds. The fraction of sp³-hybridized carbons (Fsp3) is 0.571. The first-order valence-electron chi connectivity index (χ1n) is 6.38. The van der Waals surface area contributed by atoms with Crippen LogP contribution in [0.5, 0.6) is 0 Å². The second-order valence-corrected chi connectivity index (χ2v) is 7.76. The fourth-order valence-corrected chi connectivity index (χ4v) is 3.98. The van der Waals surface area contributed by atoms with E-state index in [0.717, 1.165) is 24.8 Å². The summed E-state index contributed by atoms with van der Waals surface area (Å²) in [6.07, 6.45) is 2.92. The summed E-state index contributed by atoms with van der Waals surface area (Å²) < 4.78 is 27.3. The molecule has 1 N–H and O–H groups in total. The highest BCUT2D eigenvalue weighted by Crippen LogP contribution is 2.37. The smallest absolute Gasteiger partial charge is 0.208 e. The van der Waals surface area contributed by atoms with Gasteiger partial charge in [0.1, 0.15) is 0 Å². The largest absolute Gasteiger partial charge is 0.240 e. The molecule has 4 heteroatoms. The number of hydrogen-bond donors (Lipinski definition) is 1. The van der Waals surface area contributed by atoms with Crippen LogP contribution in [-0.4, -0.2) is 14.5 Å². The van der Waals surface area contributed by atoms with Crippen LogP contribution in [0.25, 0.3) is 0 Å². The lowest BCUT2D eigenvalue weighted by molar-refractivity contribution is 0.372. The molecule has 18 heavy (non-hydrogen) atoms. The van der Waals surface area contributed by atoms with Gasteiger partial charge in [0.15, 0.2) is 0 Å². The quantitative estimate of drug-likeness (QED) is 0.915. The van der Waals surface area contributed by atoms with Crippen molar-refractivity contribution < 1.29 is 8.42 Å². The number of nitrogens with one attached hydrogen (secondary N) is 1. The highest BCUT2D eigenvalue weighted by molar-refractivity contribution is 7.89. The lowest BCUT2D eigenvalue weighted by Crippen LogP contribution is -2.33. The minimum atomic E-state index is -3.37. The van der Waals surface area contributed by atoms with Gasteiger partial charge in [0, 0.05) is 6.04 Å². The summed E-state index contributed by atoms with van der Waals surface area (Å²) >= 11 is 0. The molecule has 0 bridgehead atoms. The van der Waals surface area contributed by atoms with E-state index in [1.807, 2.05) is 13.0 Å². The van der Waals surface area contributed by atoms with Crippen LogP contribution in [0.4, 0.5) is 0 Å². The Balaban J connectivity index is 2.14. The molecule has 1 fully saturated rings. The summed E-state index contributed by atoms with van der Waals surface area (Å²) in [4.78, 5) is 0.368. The van der Waals surface area contributed by atoms with Crippen molar-refractivity contribution in [3.8, 4) is 0 Å². The van der Waals surface area contributed by atoms with Crippen molar-refractivity contribution in [2.75, 3.05) is 0 Å². The molecule has 1 aliphatic rings. The zero-order valence-corrected chi connectivity index (χ0v) is 12.0. The van der Waals surface area contributed by atoms with Crippen LogP contribution >= 0.6 is 0 Å². The zero-order chi connectivity index (χ0) is 13.4. The summed E-state index contributed by atoms with van der Waals surface area (Å²) in [5.74, 6) is 0. The molecular weight excluding hydrogens is 246 g/mol. The first-order valence-corrected chi connectivity index (χ1v) is 7.86. The van der Waals surface area contributed by atoms with Crippen LogP contribution in [0.1, 0.15) is 38.7 Å². The van der Waals surface area contributed by atoms with Crippen LogP contribution in [0, 0.1) is 12.3 Å². The molecule has 0 spiro atoms. The first-order chi connectivity index (χ1) is 8.28. The molecule has 0 radical (unpaired) electrons. The Hall–Kier alpha value is -0.870. The minimum absolute atomic E-state index is 0.0745. The molecule has 0 saturated heterocycles. The predicted molar refractivity (Wildman–Crippen MR) is 72.9 cm³/mol. The molecule has 0 aliphatic heterocycles. The van der Waals surface area contributed by atoms with Crippen molar-refractivity contribution in [3.63, 3.8) is 0 Å². The third-order valence-electron chi connectivity index (χ3n) is 3.59. The molecule has 1 aliphatic carbocycles. The van der Waals surface area contributed by atoms with Gasteiger partial charge in [-0.25, -0.2) is 13.1 Å². The monoisotopic (exact) mass is 267 g/mol. The molecule has 3 nitrogen and oxygen atoms in total. The number of benzene rings is 1. The zero-order valence-electron chi connectivity index (χ0n) is 11.2. The molecule has 100 valence electrons. The van der Waals surface area contributed by atoms with E-state index in [4.69, 9.17) is 0 Å². The highest BCUT2D eigenvalue weighted by atomic mass is 32.2. The number of aryl methyl sites for hydroxylation is 1. The van der Waals surface area contributed by atoms with Gasteiger partial charge in [-0.2, -0.15) is 0 Å². The Kier molecular flexibility index (Phi) is 3.52. The normalized spacial score (nSPS) is 23.2. The average molecular weight is 267 g/mol. The molecular formula is C14H21NO2S. The summed E-state index contributed by atoms with van der Waals surface area (Å²) in [6.45, 7) is 6.28. The molecule has 1 atom stereocenters. The van der Waals surface area contributed by atoms with E-state index in [1.54, 1.807) is 18.2 Å². The van der Waals surface area contributed by atoms with Gasteiger partial charge in [0.25, 0.3) is 0 Å². The van der Waals surface area contributed by atoms with Gasteiger partial charge in [-0.05, 0) is 49.3 Å². The Morgan fingerprint density at radius 2 is 2.06 bits per heavy atom. The van der Waals surface area contributed by atoms with Gasteiger partial charge < -0.3 is 0 Å². The van der Waals surface area contributed by atoms with Gasteiger partial charge in [0.05, 0.1) is 4.90 Å². The number of rotatable bonds is 3. The second-order valence-electron chi connectivity index (χ2n) is 6.04. The molecule has 1 aromatic carbocycles. The first kappa shape index (κ1) is 13.6. The third kappa shape index (κ3) is 3.12. The van der Waals surface area contributed by atoms with Crippen molar-refractivity contribution >= 4 is 10.0 Å². The predicted octanol–water partition coefficient (Wildman–Crippen LogP) is 2.85. The Bertz CT molecular complexity index is 534. The molecule has 2 rings (SSSR count). The molecule has 1 saturated carbocycles. The van der Waals surface area contributed by atoms with E-state index < -0.39 is 10.0 Å². The van der Waals surface area contributed by atoms with Gasteiger partial charge in [-0.15, -0.1) is 0 Å². The van der Waals surface area contributed by atoms with Crippen LogP contribution < -0.4 is 4.72 Å². The lowest BCUT2D eigenvalue weighted by atomic mass is 9.92. The van der Waals surface area contributed by atoms with E-state index in [9.17, 15) is 8.42 Å². The Labute approximate surface area is 110 Å². The summed E-state index contributed by atoms with van der Waals surface area (Å²) in [6, 6.07) is 7.11. The van der Waals surface area contributed by atoms with Crippen molar-refractivity contribution in [1.82, 2.24) is 4.72 Å². The maximum atomic E-state index is 12.2. The fourth-order valence-electron chi connectivity index (χ4n) is 2.61. The van der Waals surface area contributed by atoms with E-state index in [1.165, 1.54) is 0 Å². The van der Waals surface area contributed by atoms with Gasteiger partial charge in [0.2, 0.25) is 10.0 Å². The van der Waals surface area contributed by atoms with Crippen LogP contribution in [-0.2, 0) is 10.0 Å². The van der Waals surface area contributed by atoms with Crippen LogP contribution in [0.3, 0.4) is 0 Å². The van der Waals surface area contributed by atoms with Crippen LogP contribution in [0.2, 0.25) is 0 Å². The third-order valence-corrected chi connectivity index (χ3v) is 5.11. The van der Waals surface area contributed by atoms with E-state index in [2.05, 4.69) is 18.6 Å². The van der Waals surface area contributed by atoms with Crippen molar-refractivity contribution in [2.45, 2.75) is 51.0 Å². The summed E-state index contributed by atoms with van der Waals surface area (Å²) in [5.41, 5.74) is 1.21. The maximum Gasteiger partial charge on any atom is 0.240 e. The van der Waals surface area contributed by atoms with E-state index in [0.29, 0.717) is 4.90 Å². The Morgan fingerprint density at radius 3 is 2.61 bits per heavy atom. The minimum Gasteiger partial charge on any atom is -0.208 e. The SMILES string of the molecule is Cc1cccc(S(=O)(=O)NC2CCC(C)(C)C2)c1. The molecule has 1 unspecified atom stereocenters. The number of sulfonamides is 1. The van der Waals surface area contributed by atoms with Gasteiger partial charge in [-0.1, -0.05) is 26.0 Å². The van der Waals surface area contributed by atoms with Crippen LogP contribution in [0.15, 0.2) is 29.2 Å². The summed E-state index contributed by atoms with van der Waals surface area (Å²) in [5, 5.41) is 0. The van der Waals surface area contributed by atoms with Gasteiger partial charge in [-0.3, -0.25) is 0 Å². The number of hydrogen-bond acceptors (Lipinski definition) is 2. The second kappa shape index (κ2) is 4.67. The van der Waals surface area contributed by atoms with E-state index in [-0.39, 0.29) is 11.5 Å². The highest BCUT2D eigenvalue weighted by Gasteiger charge is 2.33. The molecule has 0 heterocycles. The molecule has 0 aromatic heterocycles. The average Bonchev–Trinajstić information content (AvgIpc) is 2.57. The van der Waals surface area contributed by atoms with Crippen molar-refractivity contribution in [3.05, 3.63) is 29.8 Å². The molecule has 1 aromatic rings. The summed E-state index contributed by atoms with van der Waals surface area (Å²) in [7, 11) is -3.37.